The summed E-state index contributed by atoms with van der Waals surface area (Å²) in [6.45, 7) is 5.99. The molecule has 0 heterocycles. The topological polar surface area (TPSA) is 214 Å². The van der Waals surface area contributed by atoms with Crippen LogP contribution in [0.15, 0.2) is 74.0 Å². The molecule has 0 aromatic heterocycles. The molecule has 0 saturated heterocycles. The van der Waals surface area contributed by atoms with Crippen molar-refractivity contribution in [1.82, 2.24) is 0 Å². The first-order valence-electron chi connectivity index (χ1n) is 13.7. The fraction of sp³-hybridized carbons (Fsp3) is 0.281. The number of aliphatic carboxylic acids is 1. The number of aldehydes is 1. The van der Waals surface area contributed by atoms with Gasteiger partial charge < -0.3 is 43.0 Å². The van der Waals surface area contributed by atoms with E-state index in [1.807, 2.05) is 0 Å². The Morgan fingerprint density at radius 1 is 0.875 bits per heavy atom. The maximum Gasteiger partial charge on any atom is 0.370 e. The molecule has 16 nitrogen and oxygen atoms in total. The van der Waals surface area contributed by atoms with Gasteiger partial charge in [0.05, 0.1) is 6.26 Å². The second-order valence-corrected chi connectivity index (χ2v) is 9.60. The van der Waals surface area contributed by atoms with Crippen molar-refractivity contribution in [2.24, 2.45) is 0 Å². The number of carboxylic acid groups (broad SMARTS) is 1. The van der Waals surface area contributed by atoms with Gasteiger partial charge in [0.15, 0.2) is 25.6 Å². The van der Waals surface area contributed by atoms with Crippen LogP contribution in [0, 0.1) is 0 Å². The summed E-state index contributed by atoms with van der Waals surface area (Å²) >= 11 is 0. The van der Waals surface area contributed by atoms with Crippen LogP contribution in [0.25, 0.3) is 0 Å². The second-order valence-electron chi connectivity index (χ2n) is 9.60. The summed E-state index contributed by atoms with van der Waals surface area (Å²) in [4.78, 5) is 80.0. The quantitative estimate of drug-likeness (QED) is 0.0336. The van der Waals surface area contributed by atoms with Crippen LogP contribution in [0.3, 0.4) is 0 Å². The van der Waals surface area contributed by atoms with Crippen molar-refractivity contribution in [1.29, 1.82) is 0 Å². The Bertz CT molecular complexity index is 1450. The fourth-order valence-corrected chi connectivity index (χ4v) is 3.69. The lowest BCUT2D eigenvalue weighted by Crippen LogP contribution is -2.53. The van der Waals surface area contributed by atoms with E-state index >= 15 is 0 Å². The molecule has 0 spiro atoms. The van der Waals surface area contributed by atoms with Crippen LogP contribution in [0.1, 0.15) is 18.1 Å². The summed E-state index contributed by atoms with van der Waals surface area (Å²) in [5, 5.41) is 9.28. The van der Waals surface area contributed by atoms with E-state index in [-0.39, 0.29) is 18.8 Å². The van der Waals surface area contributed by atoms with E-state index in [0.717, 1.165) is 23.5 Å². The van der Waals surface area contributed by atoms with Gasteiger partial charge in [-0.1, -0.05) is 37.4 Å². The Hall–Kier alpha value is -6.19. The summed E-state index contributed by atoms with van der Waals surface area (Å²) in [6, 6.07) is 13.5. The standard InChI is InChI=1S/C32H32O16/c1-4-27(36)44-16-26(46-30(40)32(18-33,29(38)39)45-21-35)15-43-24-10-6-22(7-11-24)14-23-8-12-25(13-9-23)47-31(3,19-41-5-2)48-28(37)17-42-20-34/h4-13,18,20-21,26H,1-2,14-17,19H2,3H3,(H,38,39). The minimum atomic E-state index is -3.27. The van der Waals surface area contributed by atoms with Crippen LogP contribution < -0.4 is 9.47 Å². The zero-order valence-electron chi connectivity index (χ0n) is 25.6. The lowest BCUT2D eigenvalue weighted by atomic mass is 10.0. The summed E-state index contributed by atoms with van der Waals surface area (Å²) < 4.78 is 40.3. The monoisotopic (exact) mass is 672 g/mol. The van der Waals surface area contributed by atoms with E-state index in [1.165, 1.54) is 6.92 Å². The number of ether oxygens (including phenoxy) is 8. The Morgan fingerprint density at radius 2 is 1.50 bits per heavy atom. The summed E-state index contributed by atoms with van der Waals surface area (Å²) in [6.07, 6.45) is 0.631. The van der Waals surface area contributed by atoms with Gasteiger partial charge >= 0.3 is 29.5 Å². The highest BCUT2D eigenvalue weighted by molar-refractivity contribution is 6.17. The molecule has 256 valence electrons. The number of benzene rings is 2. The highest BCUT2D eigenvalue weighted by atomic mass is 16.7. The molecule has 0 saturated carbocycles. The lowest BCUT2D eigenvalue weighted by Gasteiger charge is -2.29. The number of carbonyl (C=O) groups excluding carboxylic acids is 6. The molecule has 0 aliphatic carbocycles. The maximum absolute atomic E-state index is 12.5. The van der Waals surface area contributed by atoms with Crippen molar-refractivity contribution in [3.05, 3.63) is 85.2 Å². The molecule has 2 aromatic rings. The van der Waals surface area contributed by atoms with Gasteiger partial charge in [0.2, 0.25) is 0 Å². The van der Waals surface area contributed by atoms with Crippen LogP contribution in [-0.2, 0) is 68.4 Å². The Balaban J connectivity index is 2.06. The first-order valence-corrected chi connectivity index (χ1v) is 13.7. The maximum atomic E-state index is 12.5. The van der Waals surface area contributed by atoms with E-state index in [0.29, 0.717) is 12.2 Å². The van der Waals surface area contributed by atoms with E-state index in [4.69, 9.17) is 28.4 Å². The molecule has 48 heavy (non-hydrogen) atoms. The summed E-state index contributed by atoms with van der Waals surface area (Å²) in [7, 11) is 0. The van der Waals surface area contributed by atoms with Gasteiger partial charge in [0, 0.05) is 13.0 Å². The van der Waals surface area contributed by atoms with Crippen molar-refractivity contribution in [3.8, 4) is 11.5 Å². The largest absolute Gasteiger partial charge is 0.494 e. The predicted octanol–water partition coefficient (Wildman–Crippen LogP) is 1.46. The number of hydrogen-bond donors (Lipinski definition) is 1. The average molecular weight is 673 g/mol. The van der Waals surface area contributed by atoms with Crippen LogP contribution in [0.5, 0.6) is 11.5 Å². The molecule has 3 unspecified atom stereocenters. The van der Waals surface area contributed by atoms with Gasteiger partial charge in [-0.15, -0.1) is 0 Å². The third-order valence-electron chi connectivity index (χ3n) is 5.96. The minimum Gasteiger partial charge on any atom is -0.494 e. The van der Waals surface area contributed by atoms with Crippen molar-refractivity contribution >= 4 is 43.1 Å². The van der Waals surface area contributed by atoms with Gasteiger partial charge in [0.1, 0.15) is 24.7 Å². The van der Waals surface area contributed by atoms with E-state index < -0.39 is 73.9 Å². The van der Waals surface area contributed by atoms with Gasteiger partial charge in [-0.25, -0.2) is 19.2 Å². The van der Waals surface area contributed by atoms with Crippen LogP contribution in [0.4, 0.5) is 0 Å². The van der Waals surface area contributed by atoms with Crippen LogP contribution in [-0.4, -0.2) is 92.1 Å². The summed E-state index contributed by atoms with van der Waals surface area (Å²) in [5.74, 6) is -6.50. The third kappa shape index (κ3) is 11.6. The smallest absolute Gasteiger partial charge is 0.370 e. The van der Waals surface area contributed by atoms with E-state index in [9.17, 15) is 38.7 Å². The normalized spacial score (nSPS) is 13.4. The first-order chi connectivity index (χ1) is 22.9. The SMILES string of the molecule is C=COCC(C)(OC(=O)COC=O)Oc1ccc(Cc2ccc(OCC(COC(=O)C=C)OC(=O)C(C=O)(OC=O)C(=O)O)cc2)cc1. The number of rotatable bonds is 23. The van der Waals surface area contributed by atoms with E-state index in [1.54, 1.807) is 48.5 Å². The van der Waals surface area contributed by atoms with Gasteiger partial charge in [0.25, 0.3) is 18.7 Å². The molecule has 0 radical (unpaired) electrons. The van der Waals surface area contributed by atoms with Crippen molar-refractivity contribution < 1.29 is 76.6 Å². The highest BCUT2D eigenvalue weighted by Crippen LogP contribution is 2.23. The van der Waals surface area contributed by atoms with Gasteiger partial charge in [-0.2, -0.15) is 0 Å². The number of carboxylic acids is 1. The molecular formula is C32H32O16. The molecule has 0 bridgehead atoms. The zero-order chi connectivity index (χ0) is 35.6. The Kier molecular flexibility index (Phi) is 14.8. The van der Waals surface area contributed by atoms with Crippen molar-refractivity contribution in [2.75, 3.05) is 26.4 Å². The lowest BCUT2D eigenvalue weighted by molar-refractivity contribution is -0.207. The van der Waals surface area contributed by atoms with Crippen LogP contribution >= 0.6 is 0 Å². The summed E-state index contributed by atoms with van der Waals surface area (Å²) in [5.41, 5.74) is -1.54. The molecule has 2 aromatic carbocycles. The number of carbonyl (C=O) groups is 7. The Morgan fingerprint density at radius 3 is 2.02 bits per heavy atom. The molecule has 16 heteroatoms. The number of hydrogen-bond acceptors (Lipinski definition) is 15. The molecule has 1 N–H and O–H groups in total. The second kappa shape index (κ2) is 18.7. The molecule has 0 fully saturated rings. The molecule has 0 amide bonds. The molecule has 0 aliphatic rings. The van der Waals surface area contributed by atoms with Crippen molar-refractivity contribution in [3.63, 3.8) is 0 Å². The average Bonchev–Trinajstić information content (AvgIpc) is 3.07. The van der Waals surface area contributed by atoms with Crippen molar-refractivity contribution in [2.45, 2.75) is 30.8 Å². The molecule has 0 aliphatic heterocycles. The van der Waals surface area contributed by atoms with Gasteiger partial charge in [-0.05, 0) is 41.8 Å². The molecular weight excluding hydrogens is 640 g/mol. The first kappa shape index (κ1) is 38.0. The molecule has 3 atom stereocenters. The zero-order valence-corrected chi connectivity index (χ0v) is 25.6. The minimum absolute atomic E-state index is 0.112. The predicted molar refractivity (Wildman–Crippen MR) is 159 cm³/mol. The fourth-order valence-electron chi connectivity index (χ4n) is 3.69. The molecule has 2 rings (SSSR count). The highest BCUT2D eigenvalue weighted by Gasteiger charge is 2.52. The van der Waals surface area contributed by atoms with E-state index in [2.05, 4.69) is 22.6 Å². The van der Waals surface area contributed by atoms with Crippen LogP contribution in [0.2, 0.25) is 0 Å². The Labute approximate surface area is 273 Å². The third-order valence-corrected chi connectivity index (χ3v) is 5.96. The van der Waals surface area contributed by atoms with Gasteiger partial charge in [-0.3, -0.25) is 14.4 Å². The number of esters is 3.